The topological polar surface area (TPSA) is 29.1 Å². The van der Waals surface area contributed by atoms with E-state index in [1.54, 1.807) is 11.8 Å². The molecule has 2 aromatic rings. The van der Waals surface area contributed by atoms with E-state index in [4.69, 9.17) is 11.6 Å². The van der Waals surface area contributed by atoms with Crippen LogP contribution in [0.15, 0.2) is 42.5 Å². The van der Waals surface area contributed by atoms with Gasteiger partial charge in [-0.3, -0.25) is 4.79 Å². The van der Waals surface area contributed by atoms with Crippen LogP contribution < -0.4 is 5.32 Å². The number of halogens is 1. The van der Waals surface area contributed by atoms with E-state index in [1.807, 2.05) is 50.2 Å². The molecule has 2 aromatic carbocycles. The number of carbonyl (C=O) groups excluding carboxylic acids is 1. The number of carbonyl (C=O) groups is 1. The van der Waals surface area contributed by atoms with Crippen LogP contribution in [0.2, 0.25) is 5.02 Å². The fraction of sp³-hybridized carbons (Fsp3) is 0.350. The second-order valence-corrected chi connectivity index (χ2v) is 8.03. The van der Waals surface area contributed by atoms with Gasteiger partial charge >= 0.3 is 0 Å². The van der Waals surface area contributed by atoms with Crippen LogP contribution in [-0.4, -0.2) is 11.2 Å². The van der Waals surface area contributed by atoms with E-state index in [0.717, 1.165) is 22.0 Å². The first kappa shape index (κ1) is 18.9. The second-order valence-electron chi connectivity index (χ2n) is 6.26. The molecule has 0 fully saturated rings. The summed E-state index contributed by atoms with van der Waals surface area (Å²) in [7, 11) is 0. The van der Waals surface area contributed by atoms with Crippen LogP contribution in [-0.2, 0) is 10.5 Å². The molecule has 2 rings (SSSR count). The molecule has 1 amide bonds. The predicted molar refractivity (Wildman–Crippen MR) is 106 cm³/mol. The molecule has 2 nitrogen and oxygen atoms in total. The highest BCUT2D eigenvalue weighted by Gasteiger charge is 2.17. The van der Waals surface area contributed by atoms with E-state index < -0.39 is 0 Å². The third-order valence-electron chi connectivity index (χ3n) is 3.96. The molecule has 128 valence electrons. The van der Waals surface area contributed by atoms with E-state index in [2.05, 4.69) is 25.2 Å². The zero-order chi connectivity index (χ0) is 17.7. The van der Waals surface area contributed by atoms with E-state index in [9.17, 15) is 4.79 Å². The van der Waals surface area contributed by atoms with E-state index in [1.165, 1.54) is 11.1 Å². The molecule has 0 spiro atoms. The fourth-order valence-electron chi connectivity index (χ4n) is 2.44. The Morgan fingerprint density at radius 1 is 1.12 bits per heavy atom. The Morgan fingerprint density at radius 3 is 2.42 bits per heavy atom. The van der Waals surface area contributed by atoms with Crippen LogP contribution in [0.3, 0.4) is 0 Å². The lowest BCUT2D eigenvalue weighted by atomic mass is 9.98. The quantitative estimate of drug-likeness (QED) is 0.680. The van der Waals surface area contributed by atoms with Crippen molar-refractivity contribution in [3.05, 3.63) is 64.2 Å². The molecule has 0 radical (unpaired) electrons. The molecule has 0 bridgehead atoms. The van der Waals surface area contributed by atoms with Crippen LogP contribution in [0.25, 0.3) is 0 Å². The second kappa shape index (κ2) is 8.59. The summed E-state index contributed by atoms with van der Waals surface area (Å²) in [4.78, 5) is 12.6. The summed E-state index contributed by atoms with van der Waals surface area (Å²) in [5.74, 6) is 1.21. The number of hydrogen-bond acceptors (Lipinski definition) is 2. The lowest BCUT2D eigenvalue weighted by Gasteiger charge is -2.18. The summed E-state index contributed by atoms with van der Waals surface area (Å²) >= 11 is 7.53. The largest absolute Gasteiger partial charge is 0.325 e. The van der Waals surface area contributed by atoms with Gasteiger partial charge in [0.1, 0.15) is 0 Å². The first-order chi connectivity index (χ1) is 11.4. The van der Waals surface area contributed by atoms with Gasteiger partial charge in [-0.15, -0.1) is 11.8 Å². The number of para-hydroxylation sites is 1. The van der Waals surface area contributed by atoms with Gasteiger partial charge in [-0.2, -0.15) is 0 Å². The molecular formula is C20H24ClNOS. The van der Waals surface area contributed by atoms with Gasteiger partial charge < -0.3 is 5.32 Å². The molecule has 24 heavy (non-hydrogen) atoms. The van der Waals surface area contributed by atoms with Crippen LogP contribution in [0.1, 0.15) is 43.4 Å². The van der Waals surface area contributed by atoms with Gasteiger partial charge in [0.05, 0.1) is 5.25 Å². The van der Waals surface area contributed by atoms with Crippen molar-refractivity contribution < 1.29 is 4.79 Å². The van der Waals surface area contributed by atoms with Crippen molar-refractivity contribution in [3.8, 4) is 0 Å². The van der Waals surface area contributed by atoms with Crippen molar-refractivity contribution in [2.45, 2.75) is 44.6 Å². The summed E-state index contributed by atoms with van der Waals surface area (Å²) in [5, 5.41) is 3.73. The van der Waals surface area contributed by atoms with E-state index in [-0.39, 0.29) is 11.2 Å². The lowest BCUT2D eigenvalue weighted by Crippen LogP contribution is -2.24. The van der Waals surface area contributed by atoms with Crippen molar-refractivity contribution >= 4 is 35.0 Å². The Kier molecular flexibility index (Phi) is 6.76. The van der Waals surface area contributed by atoms with Crippen molar-refractivity contribution in [1.82, 2.24) is 0 Å². The SMILES string of the molecule is Cc1cccc(C(C)C)c1NC(=O)[C@@H](C)SCc1ccc(Cl)cc1. The van der Waals surface area contributed by atoms with Crippen molar-refractivity contribution in [1.29, 1.82) is 0 Å². The van der Waals surface area contributed by atoms with Crippen LogP contribution >= 0.6 is 23.4 Å². The zero-order valence-electron chi connectivity index (χ0n) is 14.6. The third kappa shape index (κ3) is 5.02. The molecule has 0 aliphatic carbocycles. The number of thioether (sulfide) groups is 1. The Bertz CT molecular complexity index is 697. The van der Waals surface area contributed by atoms with E-state index in [0.29, 0.717) is 5.92 Å². The Labute approximate surface area is 154 Å². The summed E-state index contributed by atoms with van der Waals surface area (Å²) < 4.78 is 0. The fourth-order valence-corrected chi connectivity index (χ4v) is 3.42. The van der Waals surface area contributed by atoms with Gasteiger partial charge in [0.25, 0.3) is 0 Å². The highest BCUT2D eigenvalue weighted by molar-refractivity contribution is 7.99. The van der Waals surface area contributed by atoms with Gasteiger partial charge in [-0.1, -0.05) is 55.8 Å². The molecule has 0 aromatic heterocycles. The van der Waals surface area contributed by atoms with E-state index >= 15 is 0 Å². The number of aryl methyl sites for hydroxylation is 1. The number of anilines is 1. The molecule has 0 saturated carbocycles. The maximum atomic E-state index is 12.6. The lowest BCUT2D eigenvalue weighted by molar-refractivity contribution is -0.115. The summed E-state index contributed by atoms with van der Waals surface area (Å²) in [6.07, 6.45) is 0. The Morgan fingerprint density at radius 2 is 1.79 bits per heavy atom. The van der Waals surface area contributed by atoms with Gasteiger partial charge in [0.2, 0.25) is 5.91 Å². The standard InChI is InChI=1S/C20H24ClNOS/c1-13(2)18-7-5-6-14(3)19(18)22-20(23)15(4)24-12-16-8-10-17(21)11-9-16/h5-11,13,15H,12H2,1-4H3,(H,22,23)/t15-/m1/s1. The highest BCUT2D eigenvalue weighted by atomic mass is 35.5. The summed E-state index contributed by atoms with van der Waals surface area (Å²) in [6.45, 7) is 8.27. The first-order valence-electron chi connectivity index (χ1n) is 8.15. The monoisotopic (exact) mass is 361 g/mol. The maximum absolute atomic E-state index is 12.6. The Hall–Kier alpha value is -1.45. The molecule has 1 N–H and O–H groups in total. The van der Waals surface area contributed by atoms with Crippen molar-refractivity contribution in [3.63, 3.8) is 0 Å². The zero-order valence-corrected chi connectivity index (χ0v) is 16.2. The van der Waals surface area contributed by atoms with Gasteiger partial charge in [0, 0.05) is 16.5 Å². The summed E-state index contributed by atoms with van der Waals surface area (Å²) in [5.41, 5.74) is 4.40. The molecule has 0 aliphatic rings. The van der Waals surface area contributed by atoms with Crippen molar-refractivity contribution in [2.24, 2.45) is 0 Å². The normalized spacial score (nSPS) is 12.2. The van der Waals surface area contributed by atoms with Crippen LogP contribution in [0.5, 0.6) is 0 Å². The smallest absolute Gasteiger partial charge is 0.237 e. The molecule has 1 atom stereocenters. The van der Waals surface area contributed by atoms with Crippen LogP contribution in [0, 0.1) is 6.92 Å². The first-order valence-corrected chi connectivity index (χ1v) is 9.57. The predicted octanol–water partition coefficient (Wildman–Crippen LogP) is 6.03. The van der Waals surface area contributed by atoms with Gasteiger partial charge in [-0.05, 0) is 48.6 Å². The Balaban J connectivity index is 2.00. The average molecular weight is 362 g/mol. The minimum absolute atomic E-state index is 0.0464. The highest BCUT2D eigenvalue weighted by Crippen LogP contribution is 2.28. The van der Waals surface area contributed by atoms with Crippen LogP contribution in [0.4, 0.5) is 5.69 Å². The number of nitrogens with one attached hydrogen (secondary N) is 1. The molecule has 0 heterocycles. The van der Waals surface area contributed by atoms with Crippen molar-refractivity contribution in [2.75, 3.05) is 5.32 Å². The molecule has 0 aliphatic heterocycles. The summed E-state index contributed by atoms with van der Waals surface area (Å²) in [6, 6.07) is 13.9. The number of amides is 1. The molecule has 0 unspecified atom stereocenters. The molecule has 0 saturated heterocycles. The molecular weight excluding hydrogens is 338 g/mol. The average Bonchev–Trinajstić information content (AvgIpc) is 2.55. The number of hydrogen-bond donors (Lipinski definition) is 1. The minimum atomic E-state index is -0.125. The van der Waals surface area contributed by atoms with Gasteiger partial charge in [-0.25, -0.2) is 0 Å². The third-order valence-corrected chi connectivity index (χ3v) is 5.42. The van der Waals surface area contributed by atoms with Gasteiger partial charge in [0.15, 0.2) is 0 Å². The number of rotatable bonds is 6. The molecule has 4 heteroatoms. The number of benzene rings is 2. The minimum Gasteiger partial charge on any atom is -0.325 e. The maximum Gasteiger partial charge on any atom is 0.237 e.